The summed E-state index contributed by atoms with van der Waals surface area (Å²) in [5, 5.41) is 9.11. The Balaban J connectivity index is 2.27. The minimum absolute atomic E-state index is 0.0637. The molecule has 1 aliphatic heterocycles. The van der Waals surface area contributed by atoms with E-state index in [4.69, 9.17) is 5.26 Å². The van der Waals surface area contributed by atoms with Crippen LogP contribution in [0.15, 0.2) is 12.1 Å². The third-order valence-electron chi connectivity index (χ3n) is 3.37. The van der Waals surface area contributed by atoms with Gasteiger partial charge < -0.3 is 4.90 Å². The van der Waals surface area contributed by atoms with Crippen LogP contribution < -0.4 is 0 Å². The Labute approximate surface area is 107 Å². The predicted octanol–water partition coefficient (Wildman–Crippen LogP) is 2.22. The topological polar surface area (TPSA) is 57.0 Å². The Morgan fingerprint density at radius 3 is 2.89 bits per heavy atom. The zero-order valence-electron chi connectivity index (χ0n) is 10.8. The second-order valence-electron chi connectivity index (χ2n) is 4.72. The Bertz CT molecular complexity index is 504. The number of hydrogen-bond donors (Lipinski definition) is 0. The van der Waals surface area contributed by atoms with Gasteiger partial charge in [-0.3, -0.25) is 9.78 Å². The standard InChI is InChI=1S/C14H17N3O/c1-10-6-7-13(11(2)16-10)14(18)17-8-4-3-5-12(17)9-15/h6-7,12H,3-5,8H2,1-2H3. The van der Waals surface area contributed by atoms with Crippen LogP contribution in [-0.4, -0.2) is 28.4 Å². The number of nitriles is 1. The van der Waals surface area contributed by atoms with Crippen molar-refractivity contribution in [1.29, 1.82) is 5.26 Å². The number of carbonyl (C=O) groups excluding carboxylic acids is 1. The van der Waals surface area contributed by atoms with Gasteiger partial charge in [0.1, 0.15) is 6.04 Å². The zero-order chi connectivity index (χ0) is 13.1. The van der Waals surface area contributed by atoms with Crippen molar-refractivity contribution in [2.75, 3.05) is 6.54 Å². The molecule has 0 aliphatic carbocycles. The largest absolute Gasteiger partial charge is 0.323 e. The van der Waals surface area contributed by atoms with Gasteiger partial charge in [0, 0.05) is 12.2 Å². The highest BCUT2D eigenvalue weighted by Gasteiger charge is 2.28. The van der Waals surface area contributed by atoms with E-state index in [2.05, 4.69) is 11.1 Å². The molecule has 1 aliphatic rings. The second-order valence-corrected chi connectivity index (χ2v) is 4.72. The van der Waals surface area contributed by atoms with Crippen molar-refractivity contribution in [1.82, 2.24) is 9.88 Å². The Hall–Kier alpha value is -1.89. The molecule has 0 saturated carbocycles. The molecule has 1 atom stereocenters. The number of amides is 1. The van der Waals surface area contributed by atoms with Gasteiger partial charge in [0.25, 0.3) is 5.91 Å². The second kappa shape index (κ2) is 5.18. The fourth-order valence-corrected chi connectivity index (χ4v) is 2.38. The highest BCUT2D eigenvalue weighted by Crippen LogP contribution is 2.20. The fourth-order valence-electron chi connectivity index (χ4n) is 2.38. The Morgan fingerprint density at radius 1 is 1.44 bits per heavy atom. The SMILES string of the molecule is Cc1ccc(C(=O)N2CCCCC2C#N)c(C)n1. The van der Waals surface area contributed by atoms with Crippen LogP contribution in [0.1, 0.15) is 41.0 Å². The lowest BCUT2D eigenvalue weighted by molar-refractivity contribution is 0.0669. The summed E-state index contributed by atoms with van der Waals surface area (Å²) in [6.07, 6.45) is 2.77. The molecule has 1 unspecified atom stereocenters. The van der Waals surface area contributed by atoms with E-state index in [1.165, 1.54) is 0 Å². The third kappa shape index (κ3) is 2.35. The Kier molecular flexibility index (Phi) is 3.61. The van der Waals surface area contributed by atoms with Crippen molar-refractivity contribution in [2.45, 2.75) is 39.2 Å². The first-order valence-electron chi connectivity index (χ1n) is 6.28. The van der Waals surface area contributed by atoms with Crippen molar-refractivity contribution >= 4 is 5.91 Å². The molecule has 94 valence electrons. The van der Waals surface area contributed by atoms with E-state index in [0.29, 0.717) is 12.1 Å². The molecule has 1 amide bonds. The number of nitrogens with zero attached hydrogens (tertiary/aromatic N) is 3. The average Bonchev–Trinajstić information content (AvgIpc) is 2.38. The molecule has 4 heteroatoms. The van der Waals surface area contributed by atoms with Gasteiger partial charge in [-0.15, -0.1) is 0 Å². The van der Waals surface area contributed by atoms with Crippen molar-refractivity contribution in [3.05, 3.63) is 29.1 Å². The van der Waals surface area contributed by atoms with Crippen LogP contribution in [0.2, 0.25) is 0 Å². The lowest BCUT2D eigenvalue weighted by Crippen LogP contribution is -2.43. The summed E-state index contributed by atoms with van der Waals surface area (Å²) in [5.41, 5.74) is 2.25. The third-order valence-corrected chi connectivity index (χ3v) is 3.37. The Morgan fingerprint density at radius 2 is 2.22 bits per heavy atom. The summed E-state index contributed by atoms with van der Waals surface area (Å²) >= 11 is 0. The minimum Gasteiger partial charge on any atom is -0.323 e. The van der Waals surface area contributed by atoms with Gasteiger partial charge in [-0.2, -0.15) is 5.26 Å². The smallest absolute Gasteiger partial charge is 0.256 e. The van der Waals surface area contributed by atoms with E-state index >= 15 is 0 Å². The van der Waals surface area contributed by atoms with E-state index in [0.717, 1.165) is 30.7 Å². The average molecular weight is 243 g/mol. The lowest BCUT2D eigenvalue weighted by Gasteiger charge is -2.31. The number of hydrogen-bond acceptors (Lipinski definition) is 3. The molecule has 1 aromatic heterocycles. The van der Waals surface area contributed by atoms with Crippen LogP contribution in [0.25, 0.3) is 0 Å². The summed E-state index contributed by atoms with van der Waals surface area (Å²) in [5.74, 6) is -0.0637. The molecule has 0 bridgehead atoms. The predicted molar refractivity (Wildman–Crippen MR) is 68.0 cm³/mol. The number of likely N-dealkylation sites (tertiary alicyclic amines) is 1. The first kappa shape index (κ1) is 12.6. The van der Waals surface area contributed by atoms with Crippen molar-refractivity contribution in [2.24, 2.45) is 0 Å². The summed E-state index contributed by atoms with van der Waals surface area (Å²) in [6, 6.07) is 5.58. The van der Waals surface area contributed by atoms with E-state index < -0.39 is 0 Å². The molecular formula is C14H17N3O. The number of rotatable bonds is 1. The molecule has 0 radical (unpaired) electrons. The van der Waals surface area contributed by atoms with Gasteiger partial charge in [-0.05, 0) is 45.2 Å². The summed E-state index contributed by atoms with van der Waals surface area (Å²) in [6.45, 7) is 4.41. The summed E-state index contributed by atoms with van der Waals surface area (Å²) in [7, 11) is 0. The molecule has 1 aromatic rings. The van der Waals surface area contributed by atoms with Crippen molar-refractivity contribution in [3.8, 4) is 6.07 Å². The van der Waals surface area contributed by atoms with E-state index in [1.807, 2.05) is 26.0 Å². The maximum atomic E-state index is 12.4. The summed E-state index contributed by atoms with van der Waals surface area (Å²) < 4.78 is 0. The molecule has 1 fully saturated rings. The highest BCUT2D eigenvalue weighted by molar-refractivity contribution is 5.95. The van der Waals surface area contributed by atoms with Crippen molar-refractivity contribution in [3.63, 3.8) is 0 Å². The molecule has 0 aromatic carbocycles. The van der Waals surface area contributed by atoms with Crippen molar-refractivity contribution < 1.29 is 4.79 Å². The molecule has 0 spiro atoms. The van der Waals surface area contributed by atoms with Crippen LogP contribution in [0.3, 0.4) is 0 Å². The number of piperidine rings is 1. The molecule has 2 heterocycles. The van der Waals surface area contributed by atoms with E-state index in [9.17, 15) is 4.79 Å². The number of aryl methyl sites for hydroxylation is 2. The molecule has 1 saturated heterocycles. The molecule has 18 heavy (non-hydrogen) atoms. The van der Waals surface area contributed by atoms with Crippen LogP contribution in [0, 0.1) is 25.2 Å². The molecule has 2 rings (SSSR count). The maximum absolute atomic E-state index is 12.4. The van der Waals surface area contributed by atoms with Crippen LogP contribution in [0.4, 0.5) is 0 Å². The normalized spacial score (nSPS) is 19.4. The van der Waals surface area contributed by atoms with E-state index in [-0.39, 0.29) is 11.9 Å². The van der Waals surface area contributed by atoms with Gasteiger partial charge in [-0.25, -0.2) is 0 Å². The van der Waals surface area contributed by atoms with Crippen LogP contribution in [-0.2, 0) is 0 Å². The number of pyridine rings is 1. The highest BCUT2D eigenvalue weighted by atomic mass is 16.2. The van der Waals surface area contributed by atoms with Gasteiger partial charge in [-0.1, -0.05) is 0 Å². The van der Waals surface area contributed by atoms with Crippen LogP contribution >= 0.6 is 0 Å². The maximum Gasteiger partial charge on any atom is 0.256 e. The summed E-state index contributed by atoms with van der Waals surface area (Å²) in [4.78, 5) is 18.4. The van der Waals surface area contributed by atoms with E-state index in [1.54, 1.807) is 4.90 Å². The van der Waals surface area contributed by atoms with Gasteiger partial charge in [0.15, 0.2) is 0 Å². The minimum atomic E-state index is -0.285. The number of carbonyl (C=O) groups is 1. The van der Waals surface area contributed by atoms with Crippen LogP contribution in [0.5, 0.6) is 0 Å². The molecular weight excluding hydrogens is 226 g/mol. The monoisotopic (exact) mass is 243 g/mol. The first-order valence-corrected chi connectivity index (χ1v) is 6.28. The van der Waals surface area contributed by atoms with Gasteiger partial charge in [0.2, 0.25) is 0 Å². The fraction of sp³-hybridized carbons (Fsp3) is 0.500. The zero-order valence-corrected chi connectivity index (χ0v) is 10.8. The lowest BCUT2D eigenvalue weighted by atomic mass is 10.0. The first-order chi connectivity index (χ1) is 8.63. The number of aromatic nitrogens is 1. The van der Waals surface area contributed by atoms with Gasteiger partial charge >= 0.3 is 0 Å². The van der Waals surface area contributed by atoms with Gasteiger partial charge in [0.05, 0.1) is 17.3 Å². The quantitative estimate of drug-likeness (QED) is 0.760. The molecule has 0 N–H and O–H groups in total. The molecule has 4 nitrogen and oxygen atoms in total.